The summed E-state index contributed by atoms with van der Waals surface area (Å²) in [7, 11) is 0. The Morgan fingerprint density at radius 3 is 2.00 bits per heavy atom. The number of fused-ring (bicyclic) bond motifs is 3. The normalized spacial score (nSPS) is 16.6. The van der Waals surface area contributed by atoms with Crippen LogP contribution in [0.15, 0.2) is 139 Å². The predicted octanol–water partition coefficient (Wildman–Crippen LogP) is 9.22. The van der Waals surface area contributed by atoms with Crippen molar-refractivity contribution in [1.29, 1.82) is 0 Å². The lowest BCUT2D eigenvalue weighted by molar-refractivity contribution is 0.882. The van der Waals surface area contributed by atoms with Crippen LogP contribution in [0.25, 0.3) is 39.7 Å². The van der Waals surface area contributed by atoms with E-state index in [2.05, 4.69) is 91.7 Å². The molecular formula is C38H30N4S. The van der Waals surface area contributed by atoms with E-state index in [9.17, 15) is 0 Å². The molecule has 3 heterocycles. The molecule has 7 rings (SSSR count). The van der Waals surface area contributed by atoms with Crippen molar-refractivity contribution in [1.82, 2.24) is 19.9 Å². The first-order valence-corrected chi connectivity index (χ1v) is 15.4. The van der Waals surface area contributed by atoms with E-state index in [4.69, 9.17) is 15.0 Å². The molecule has 0 saturated carbocycles. The fourth-order valence-corrected chi connectivity index (χ4v) is 7.05. The largest absolute Gasteiger partial charge is 0.265 e. The van der Waals surface area contributed by atoms with Crippen molar-refractivity contribution in [2.75, 3.05) is 0 Å². The van der Waals surface area contributed by atoms with Gasteiger partial charge in [0.05, 0.1) is 0 Å². The molecule has 3 aromatic carbocycles. The Labute approximate surface area is 256 Å². The van der Waals surface area contributed by atoms with Crippen molar-refractivity contribution in [3.63, 3.8) is 0 Å². The van der Waals surface area contributed by atoms with E-state index in [-0.39, 0.29) is 5.92 Å². The highest BCUT2D eigenvalue weighted by atomic mass is 32.2. The molecule has 2 aliphatic rings. The number of rotatable bonds is 4. The number of nitrogens with zero attached hydrogens (tertiary/aromatic N) is 4. The highest BCUT2D eigenvalue weighted by Gasteiger charge is 2.35. The van der Waals surface area contributed by atoms with Crippen molar-refractivity contribution in [2.45, 2.75) is 29.9 Å². The maximum absolute atomic E-state index is 5.07. The lowest BCUT2D eigenvalue weighted by Gasteiger charge is -2.21. The van der Waals surface area contributed by atoms with Gasteiger partial charge in [-0.15, -0.1) is 11.8 Å². The molecule has 0 spiro atoms. The van der Waals surface area contributed by atoms with Crippen LogP contribution < -0.4 is 0 Å². The maximum Gasteiger partial charge on any atom is 0.164 e. The Morgan fingerprint density at radius 2 is 1.28 bits per heavy atom. The van der Waals surface area contributed by atoms with Crippen LogP contribution in [0, 0.1) is 13.8 Å². The van der Waals surface area contributed by atoms with E-state index in [1.165, 1.54) is 32.7 Å². The van der Waals surface area contributed by atoms with Crippen LogP contribution in [-0.2, 0) is 0 Å². The van der Waals surface area contributed by atoms with E-state index in [0.29, 0.717) is 22.7 Å². The minimum Gasteiger partial charge on any atom is -0.265 e. The van der Waals surface area contributed by atoms with Gasteiger partial charge in [0, 0.05) is 45.1 Å². The zero-order valence-electron chi connectivity index (χ0n) is 24.1. The smallest absolute Gasteiger partial charge is 0.164 e. The summed E-state index contributed by atoms with van der Waals surface area (Å²) in [6.07, 6.45) is 10.7. The van der Waals surface area contributed by atoms with Gasteiger partial charge in [-0.05, 0) is 59.9 Å². The minimum absolute atomic E-state index is 0.185. The fraction of sp³-hybridized carbons (Fsp3) is 0.105. The zero-order valence-corrected chi connectivity index (χ0v) is 24.9. The Morgan fingerprint density at radius 1 is 0.605 bits per heavy atom. The minimum atomic E-state index is 0.185. The topological polar surface area (TPSA) is 51.6 Å². The second-order valence-electron chi connectivity index (χ2n) is 10.7. The molecule has 43 heavy (non-hydrogen) atoms. The molecule has 1 aliphatic heterocycles. The summed E-state index contributed by atoms with van der Waals surface area (Å²) >= 11 is 1.91. The standard InChI is InChI=1S/C38H30N4S/c1-25-12-9-10-22-39-23-21-30(26(25)2)29-19-20-33-32(24-29)35-31(17-11-18-34(35)43-33)38-41-36(27-13-5-3-6-14-27)40-37(42-38)28-15-7-4-8-16-28/h3-24,32-33H,1-2H3. The first-order chi connectivity index (χ1) is 21.2. The SMILES string of the molecule is Cc1ccccnccc(C2=CC3c4c(cccc4-c4nc(-c5ccccc5)nc(-c5ccccc5)n4)SC3C=C2)c1C. The van der Waals surface area contributed by atoms with Gasteiger partial charge in [0.25, 0.3) is 0 Å². The van der Waals surface area contributed by atoms with Gasteiger partial charge in [0.15, 0.2) is 17.5 Å². The first kappa shape index (κ1) is 27.0. The van der Waals surface area contributed by atoms with Crippen LogP contribution in [0.2, 0.25) is 0 Å². The van der Waals surface area contributed by atoms with Gasteiger partial charge in [-0.2, -0.15) is 0 Å². The predicted molar refractivity (Wildman–Crippen MR) is 177 cm³/mol. The van der Waals surface area contributed by atoms with Gasteiger partial charge in [0.2, 0.25) is 0 Å². The van der Waals surface area contributed by atoms with Gasteiger partial charge in [-0.25, -0.2) is 15.0 Å². The van der Waals surface area contributed by atoms with Gasteiger partial charge in [-0.3, -0.25) is 4.98 Å². The molecule has 2 aromatic heterocycles. The molecule has 0 amide bonds. The number of allylic oxidation sites excluding steroid dienone is 3. The summed E-state index contributed by atoms with van der Waals surface area (Å²) in [5.74, 6) is 2.23. The van der Waals surface area contributed by atoms with Gasteiger partial charge in [-0.1, -0.05) is 103 Å². The molecule has 1 aliphatic carbocycles. The number of thioether (sulfide) groups is 1. The second kappa shape index (κ2) is 11.8. The van der Waals surface area contributed by atoms with E-state index < -0.39 is 0 Å². The summed E-state index contributed by atoms with van der Waals surface area (Å²) in [4.78, 5) is 20.7. The monoisotopic (exact) mass is 574 g/mol. The highest BCUT2D eigenvalue weighted by Crippen LogP contribution is 2.52. The number of benzene rings is 3. The average molecular weight is 575 g/mol. The van der Waals surface area contributed by atoms with E-state index >= 15 is 0 Å². The van der Waals surface area contributed by atoms with Crippen molar-refractivity contribution in [3.05, 3.63) is 156 Å². The molecule has 2 atom stereocenters. The molecule has 0 fully saturated rings. The number of hydrogen-bond donors (Lipinski definition) is 0. The molecule has 4 nitrogen and oxygen atoms in total. The third-order valence-corrected chi connectivity index (χ3v) is 9.38. The number of aromatic nitrogens is 4. The van der Waals surface area contributed by atoms with Gasteiger partial charge >= 0.3 is 0 Å². The maximum atomic E-state index is 5.07. The van der Waals surface area contributed by atoms with Crippen LogP contribution in [0.4, 0.5) is 0 Å². The quantitative estimate of drug-likeness (QED) is 0.214. The molecule has 208 valence electrons. The number of aryl methyl sites for hydroxylation is 1. The van der Waals surface area contributed by atoms with Crippen molar-refractivity contribution in [2.24, 2.45) is 0 Å². The third kappa shape index (κ3) is 5.40. The molecule has 2 unspecified atom stereocenters. The summed E-state index contributed by atoms with van der Waals surface area (Å²) < 4.78 is 0. The van der Waals surface area contributed by atoms with Crippen LogP contribution >= 0.6 is 11.8 Å². The van der Waals surface area contributed by atoms with Crippen molar-refractivity contribution < 1.29 is 0 Å². The second-order valence-corrected chi connectivity index (χ2v) is 12.0. The molecule has 0 N–H and O–H groups in total. The highest BCUT2D eigenvalue weighted by molar-refractivity contribution is 8.00. The Kier molecular flexibility index (Phi) is 7.40. The molecule has 0 bridgehead atoms. The first-order valence-electron chi connectivity index (χ1n) is 14.5. The lowest BCUT2D eigenvalue weighted by atomic mass is 9.84. The van der Waals surface area contributed by atoms with Crippen LogP contribution in [0.3, 0.4) is 0 Å². The van der Waals surface area contributed by atoms with E-state index in [0.717, 1.165) is 16.7 Å². The molecule has 5 aromatic rings. The van der Waals surface area contributed by atoms with Crippen molar-refractivity contribution in [3.8, 4) is 34.2 Å². The van der Waals surface area contributed by atoms with Gasteiger partial charge in [0.1, 0.15) is 0 Å². The zero-order chi connectivity index (χ0) is 29.2. The summed E-state index contributed by atoms with van der Waals surface area (Å²) in [5.41, 5.74) is 9.13. The van der Waals surface area contributed by atoms with Crippen molar-refractivity contribution >= 4 is 17.3 Å². The third-order valence-electron chi connectivity index (χ3n) is 8.04. The molecular weight excluding hydrogens is 545 g/mol. The Hall–Kier alpha value is -4.87. The Balaban J connectivity index is 1.39. The molecule has 0 saturated heterocycles. The van der Waals surface area contributed by atoms with Crippen LogP contribution in [-0.4, -0.2) is 25.2 Å². The average Bonchev–Trinajstić information content (AvgIpc) is 3.44. The van der Waals surface area contributed by atoms with E-state index in [1.807, 2.05) is 72.7 Å². The Bertz CT molecular complexity index is 1870. The van der Waals surface area contributed by atoms with Gasteiger partial charge < -0.3 is 0 Å². The van der Waals surface area contributed by atoms with Crippen LogP contribution in [0.1, 0.15) is 28.2 Å². The fourth-order valence-electron chi connectivity index (χ4n) is 5.70. The summed E-state index contributed by atoms with van der Waals surface area (Å²) in [6, 6.07) is 35.1. The lowest BCUT2D eigenvalue weighted by Crippen LogP contribution is -2.11. The molecule has 0 radical (unpaired) electrons. The molecule has 5 heteroatoms. The summed E-state index contributed by atoms with van der Waals surface area (Å²) in [5, 5.41) is 0.311. The van der Waals surface area contributed by atoms with E-state index in [1.54, 1.807) is 0 Å². The van der Waals surface area contributed by atoms with Crippen LogP contribution in [0.5, 0.6) is 0 Å². The number of hydrogen-bond acceptors (Lipinski definition) is 5. The summed E-state index contributed by atoms with van der Waals surface area (Å²) in [6.45, 7) is 4.35.